The lowest BCUT2D eigenvalue weighted by Gasteiger charge is -2.34. The third-order valence-corrected chi connectivity index (χ3v) is 3.96. The first-order valence-corrected chi connectivity index (χ1v) is 7.02. The maximum Gasteiger partial charge on any atom is 0.308 e. The van der Waals surface area contributed by atoms with Gasteiger partial charge in [-0.25, -0.2) is 0 Å². The minimum absolute atomic E-state index is 0.0251. The van der Waals surface area contributed by atoms with Gasteiger partial charge in [0.15, 0.2) is 0 Å². The summed E-state index contributed by atoms with van der Waals surface area (Å²) in [6, 6.07) is 7.82. The van der Waals surface area contributed by atoms with Crippen molar-refractivity contribution in [3.63, 3.8) is 0 Å². The van der Waals surface area contributed by atoms with Crippen molar-refractivity contribution < 1.29 is 14.7 Å². The Bertz CT molecular complexity index is 512. The van der Waals surface area contributed by atoms with E-state index in [1.54, 1.807) is 4.90 Å². The fourth-order valence-electron chi connectivity index (χ4n) is 2.82. The van der Waals surface area contributed by atoms with Gasteiger partial charge in [-0.1, -0.05) is 31.2 Å². The molecule has 0 aromatic heterocycles. The first-order valence-electron chi connectivity index (χ1n) is 7.02. The lowest BCUT2D eigenvalue weighted by Crippen LogP contribution is -2.46. The predicted molar refractivity (Wildman–Crippen MR) is 76.4 cm³/mol. The number of hydrogen-bond acceptors (Lipinski definition) is 2. The monoisotopic (exact) mass is 275 g/mol. The van der Waals surface area contributed by atoms with Gasteiger partial charge >= 0.3 is 5.97 Å². The third-order valence-electron chi connectivity index (χ3n) is 3.96. The molecule has 0 bridgehead atoms. The van der Waals surface area contributed by atoms with Crippen LogP contribution in [0, 0.1) is 18.8 Å². The van der Waals surface area contributed by atoms with Crippen LogP contribution in [0.2, 0.25) is 0 Å². The first kappa shape index (κ1) is 14.6. The van der Waals surface area contributed by atoms with E-state index in [-0.39, 0.29) is 11.8 Å². The van der Waals surface area contributed by atoms with Crippen molar-refractivity contribution in [3.8, 4) is 0 Å². The molecular formula is C16H21NO3. The second kappa shape index (κ2) is 6.07. The number of likely N-dealkylation sites (tertiary alicyclic amines) is 1. The smallest absolute Gasteiger partial charge is 0.308 e. The number of hydrogen-bond donors (Lipinski definition) is 1. The van der Waals surface area contributed by atoms with Gasteiger partial charge in [-0.15, -0.1) is 0 Å². The maximum atomic E-state index is 12.4. The number of carboxylic acids is 1. The molecule has 108 valence electrons. The number of rotatable bonds is 3. The zero-order valence-corrected chi connectivity index (χ0v) is 12.0. The van der Waals surface area contributed by atoms with Gasteiger partial charge in [0.25, 0.3) is 0 Å². The highest BCUT2D eigenvalue weighted by atomic mass is 16.4. The van der Waals surface area contributed by atoms with Gasteiger partial charge in [-0.05, 0) is 30.4 Å². The summed E-state index contributed by atoms with van der Waals surface area (Å²) in [4.78, 5) is 25.2. The average Bonchev–Trinajstić information content (AvgIpc) is 2.40. The fraction of sp³-hybridized carbons (Fsp3) is 0.500. The van der Waals surface area contributed by atoms with Crippen LogP contribution in [0.3, 0.4) is 0 Å². The molecule has 1 heterocycles. The Kier molecular flexibility index (Phi) is 4.42. The lowest BCUT2D eigenvalue weighted by atomic mass is 9.90. The number of piperidine rings is 1. The summed E-state index contributed by atoms with van der Waals surface area (Å²) < 4.78 is 0. The number of benzene rings is 1. The van der Waals surface area contributed by atoms with E-state index < -0.39 is 11.9 Å². The topological polar surface area (TPSA) is 57.6 Å². The summed E-state index contributed by atoms with van der Waals surface area (Å²) in [5.41, 5.74) is 2.11. The van der Waals surface area contributed by atoms with Gasteiger partial charge in [0.1, 0.15) is 0 Å². The van der Waals surface area contributed by atoms with Crippen LogP contribution in [-0.2, 0) is 16.0 Å². The molecule has 1 aromatic rings. The van der Waals surface area contributed by atoms with Crippen molar-refractivity contribution in [2.24, 2.45) is 11.8 Å². The van der Waals surface area contributed by atoms with E-state index in [0.717, 1.165) is 11.1 Å². The number of carboxylic acid groups (broad SMARTS) is 1. The van der Waals surface area contributed by atoms with E-state index in [1.807, 2.05) is 38.1 Å². The molecule has 4 heteroatoms. The van der Waals surface area contributed by atoms with Gasteiger partial charge in [0.2, 0.25) is 5.91 Å². The Morgan fingerprint density at radius 3 is 2.65 bits per heavy atom. The molecular weight excluding hydrogens is 254 g/mol. The molecule has 1 amide bonds. The summed E-state index contributed by atoms with van der Waals surface area (Å²) in [7, 11) is 0. The van der Waals surface area contributed by atoms with E-state index in [0.29, 0.717) is 25.9 Å². The highest BCUT2D eigenvalue weighted by molar-refractivity contribution is 5.80. The molecule has 1 N–H and O–H groups in total. The number of aliphatic carboxylic acids is 1. The molecule has 0 radical (unpaired) electrons. The van der Waals surface area contributed by atoms with Crippen molar-refractivity contribution in [3.05, 3.63) is 35.4 Å². The Morgan fingerprint density at radius 1 is 1.30 bits per heavy atom. The minimum Gasteiger partial charge on any atom is -0.481 e. The molecule has 1 fully saturated rings. The van der Waals surface area contributed by atoms with Crippen LogP contribution in [0.1, 0.15) is 24.5 Å². The van der Waals surface area contributed by atoms with E-state index in [9.17, 15) is 9.59 Å². The van der Waals surface area contributed by atoms with Gasteiger partial charge in [0, 0.05) is 13.1 Å². The number of amides is 1. The average molecular weight is 275 g/mol. The molecule has 1 saturated heterocycles. The van der Waals surface area contributed by atoms with Crippen LogP contribution in [0.5, 0.6) is 0 Å². The van der Waals surface area contributed by atoms with Crippen LogP contribution < -0.4 is 0 Å². The number of carbonyl (C=O) groups is 2. The van der Waals surface area contributed by atoms with Crippen molar-refractivity contribution >= 4 is 11.9 Å². The Labute approximate surface area is 119 Å². The molecule has 2 rings (SSSR count). The number of carbonyl (C=O) groups excluding carboxylic acids is 1. The molecule has 0 aliphatic carbocycles. The predicted octanol–water partition coefficient (Wildman–Crippen LogP) is 2.11. The molecule has 4 nitrogen and oxygen atoms in total. The van der Waals surface area contributed by atoms with Crippen LogP contribution in [0.15, 0.2) is 24.3 Å². The minimum atomic E-state index is -0.801. The summed E-state index contributed by atoms with van der Waals surface area (Å²) in [6.07, 6.45) is 1.01. The van der Waals surface area contributed by atoms with Crippen LogP contribution in [-0.4, -0.2) is 35.0 Å². The van der Waals surface area contributed by atoms with Crippen LogP contribution in [0.25, 0.3) is 0 Å². The van der Waals surface area contributed by atoms with Crippen molar-refractivity contribution in [2.45, 2.75) is 26.7 Å². The van der Waals surface area contributed by atoms with E-state index in [2.05, 4.69) is 0 Å². The zero-order chi connectivity index (χ0) is 14.7. The number of aryl methyl sites for hydroxylation is 1. The summed E-state index contributed by atoms with van der Waals surface area (Å²) in [5, 5.41) is 9.15. The summed E-state index contributed by atoms with van der Waals surface area (Å²) in [6.45, 7) is 4.99. The second-order valence-electron chi connectivity index (χ2n) is 5.78. The second-order valence-corrected chi connectivity index (χ2v) is 5.78. The molecule has 0 spiro atoms. The first-order chi connectivity index (χ1) is 9.47. The molecule has 1 aromatic carbocycles. The molecule has 2 atom stereocenters. The fourth-order valence-corrected chi connectivity index (χ4v) is 2.82. The maximum absolute atomic E-state index is 12.4. The van der Waals surface area contributed by atoms with Crippen LogP contribution in [0.4, 0.5) is 0 Å². The van der Waals surface area contributed by atoms with Gasteiger partial charge in [-0.3, -0.25) is 9.59 Å². The highest BCUT2D eigenvalue weighted by Gasteiger charge is 2.31. The van der Waals surface area contributed by atoms with E-state index in [4.69, 9.17) is 5.11 Å². The third kappa shape index (κ3) is 3.38. The quantitative estimate of drug-likeness (QED) is 0.919. The van der Waals surface area contributed by atoms with E-state index >= 15 is 0 Å². The molecule has 1 aliphatic rings. The summed E-state index contributed by atoms with van der Waals surface area (Å²) >= 11 is 0. The van der Waals surface area contributed by atoms with Crippen molar-refractivity contribution in [1.29, 1.82) is 0 Å². The zero-order valence-electron chi connectivity index (χ0n) is 12.0. The highest BCUT2D eigenvalue weighted by Crippen LogP contribution is 2.22. The molecule has 20 heavy (non-hydrogen) atoms. The van der Waals surface area contributed by atoms with Gasteiger partial charge < -0.3 is 10.0 Å². The number of nitrogens with zero attached hydrogens (tertiary/aromatic N) is 1. The van der Waals surface area contributed by atoms with E-state index in [1.165, 1.54) is 0 Å². The Hall–Kier alpha value is -1.84. The Morgan fingerprint density at radius 2 is 2.00 bits per heavy atom. The lowest BCUT2D eigenvalue weighted by molar-refractivity contribution is -0.146. The molecule has 2 unspecified atom stereocenters. The van der Waals surface area contributed by atoms with Crippen molar-refractivity contribution in [2.75, 3.05) is 13.1 Å². The van der Waals surface area contributed by atoms with Gasteiger partial charge in [-0.2, -0.15) is 0 Å². The normalized spacial score (nSPS) is 22.6. The SMILES string of the molecule is Cc1ccccc1CC(=O)N1CC(C)CC(C(=O)O)C1. The van der Waals surface area contributed by atoms with Crippen molar-refractivity contribution in [1.82, 2.24) is 4.90 Å². The molecule has 1 aliphatic heterocycles. The summed E-state index contributed by atoms with van der Waals surface area (Å²) in [5.74, 6) is -0.965. The largest absolute Gasteiger partial charge is 0.481 e. The standard InChI is InChI=1S/C16H21NO3/c1-11-7-14(16(19)20)10-17(9-11)15(18)8-13-6-4-3-5-12(13)2/h3-6,11,14H,7-10H2,1-2H3,(H,19,20). The Balaban J connectivity index is 2.05. The van der Waals surface area contributed by atoms with Crippen LogP contribution >= 0.6 is 0 Å². The van der Waals surface area contributed by atoms with Gasteiger partial charge in [0.05, 0.1) is 12.3 Å². The molecule has 0 saturated carbocycles.